The predicted molar refractivity (Wildman–Crippen MR) is 56.4 cm³/mol. The number of likely N-dealkylation sites (tertiary alicyclic amines) is 1. The number of hydrogen-bond donors (Lipinski definition) is 1. The standard InChI is InChI=1S/C10H18N2.ClH/c1-3-10(4-1)5-2-6-12(10)9-7-11-8-9;/h9,11H,1-8H2;1H. The van der Waals surface area contributed by atoms with Crippen LogP contribution in [0.15, 0.2) is 0 Å². The maximum atomic E-state index is 3.38. The van der Waals surface area contributed by atoms with E-state index in [0.29, 0.717) is 5.54 Å². The van der Waals surface area contributed by atoms with Gasteiger partial charge in [-0.3, -0.25) is 4.90 Å². The van der Waals surface area contributed by atoms with E-state index in [1.54, 1.807) is 0 Å². The molecule has 2 heterocycles. The molecule has 76 valence electrons. The number of halogens is 1. The summed E-state index contributed by atoms with van der Waals surface area (Å²) in [5.41, 5.74) is 0.701. The van der Waals surface area contributed by atoms with E-state index in [2.05, 4.69) is 10.2 Å². The normalized spacial score (nSPS) is 32.3. The Morgan fingerprint density at radius 1 is 1.08 bits per heavy atom. The van der Waals surface area contributed by atoms with E-state index in [-0.39, 0.29) is 12.4 Å². The molecule has 0 bridgehead atoms. The van der Waals surface area contributed by atoms with Crippen LogP contribution in [0.3, 0.4) is 0 Å². The van der Waals surface area contributed by atoms with E-state index < -0.39 is 0 Å². The zero-order chi connectivity index (χ0) is 8.02. The van der Waals surface area contributed by atoms with Crippen molar-refractivity contribution in [2.75, 3.05) is 19.6 Å². The molecular weight excluding hydrogens is 184 g/mol. The summed E-state index contributed by atoms with van der Waals surface area (Å²) in [6, 6.07) is 0.896. The molecule has 3 aliphatic rings. The molecule has 2 aliphatic heterocycles. The van der Waals surface area contributed by atoms with Crippen molar-refractivity contribution in [2.24, 2.45) is 0 Å². The molecule has 13 heavy (non-hydrogen) atoms. The Labute approximate surface area is 86.5 Å². The van der Waals surface area contributed by atoms with Crippen molar-refractivity contribution in [2.45, 2.75) is 43.7 Å². The summed E-state index contributed by atoms with van der Waals surface area (Å²) in [7, 11) is 0. The smallest absolute Gasteiger partial charge is 0.0350 e. The van der Waals surface area contributed by atoms with Crippen molar-refractivity contribution < 1.29 is 0 Å². The first-order chi connectivity index (χ1) is 5.91. The lowest BCUT2D eigenvalue weighted by Crippen LogP contribution is -2.64. The van der Waals surface area contributed by atoms with E-state index in [9.17, 15) is 0 Å². The highest BCUT2D eigenvalue weighted by Crippen LogP contribution is 2.46. The molecule has 0 aromatic carbocycles. The van der Waals surface area contributed by atoms with Gasteiger partial charge in [0.15, 0.2) is 0 Å². The lowest BCUT2D eigenvalue weighted by atomic mass is 9.74. The lowest BCUT2D eigenvalue weighted by molar-refractivity contribution is 0.00204. The average molecular weight is 203 g/mol. The van der Waals surface area contributed by atoms with E-state index in [1.165, 1.54) is 51.7 Å². The van der Waals surface area contributed by atoms with Gasteiger partial charge in [-0.1, -0.05) is 0 Å². The van der Waals surface area contributed by atoms with Crippen LogP contribution in [0.4, 0.5) is 0 Å². The third-order valence-electron chi connectivity index (χ3n) is 4.14. The van der Waals surface area contributed by atoms with Gasteiger partial charge >= 0.3 is 0 Å². The second-order valence-electron chi connectivity index (χ2n) is 4.69. The molecule has 1 spiro atoms. The summed E-state index contributed by atoms with van der Waals surface area (Å²) in [6.07, 6.45) is 7.41. The van der Waals surface area contributed by atoms with Gasteiger partial charge in [0.25, 0.3) is 0 Å². The molecule has 3 fully saturated rings. The Bertz CT molecular complexity index is 187. The van der Waals surface area contributed by atoms with Gasteiger partial charge in [0, 0.05) is 24.7 Å². The van der Waals surface area contributed by atoms with Gasteiger partial charge in [0.2, 0.25) is 0 Å². The van der Waals surface area contributed by atoms with E-state index in [4.69, 9.17) is 0 Å². The summed E-state index contributed by atoms with van der Waals surface area (Å²) in [5.74, 6) is 0. The van der Waals surface area contributed by atoms with Crippen molar-refractivity contribution in [3.63, 3.8) is 0 Å². The maximum Gasteiger partial charge on any atom is 0.0350 e. The number of nitrogens with zero attached hydrogens (tertiary/aromatic N) is 1. The van der Waals surface area contributed by atoms with Crippen molar-refractivity contribution in [3.05, 3.63) is 0 Å². The summed E-state index contributed by atoms with van der Waals surface area (Å²) < 4.78 is 0. The molecule has 2 saturated heterocycles. The van der Waals surface area contributed by atoms with Gasteiger partial charge in [0.05, 0.1) is 0 Å². The molecule has 0 aromatic rings. The molecule has 3 heteroatoms. The van der Waals surface area contributed by atoms with Crippen LogP contribution >= 0.6 is 12.4 Å². The first kappa shape index (κ1) is 9.75. The van der Waals surface area contributed by atoms with E-state index in [1.807, 2.05) is 0 Å². The molecule has 1 N–H and O–H groups in total. The highest BCUT2D eigenvalue weighted by molar-refractivity contribution is 5.85. The predicted octanol–water partition coefficient (Wildman–Crippen LogP) is 1.40. The average Bonchev–Trinajstić information content (AvgIpc) is 2.26. The molecule has 0 atom stereocenters. The number of nitrogens with one attached hydrogen (secondary N) is 1. The van der Waals surface area contributed by atoms with Crippen LogP contribution in [0.25, 0.3) is 0 Å². The van der Waals surface area contributed by atoms with Crippen molar-refractivity contribution in [3.8, 4) is 0 Å². The Kier molecular flexibility index (Phi) is 2.56. The second kappa shape index (κ2) is 3.41. The molecule has 2 nitrogen and oxygen atoms in total. The van der Waals surface area contributed by atoms with E-state index in [0.717, 1.165) is 6.04 Å². The Morgan fingerprint density at radius 2 is 1.77 bits per heavy atom. The summed E-state index contributed by atoms with van der Waals surface area (Å²) in [4.78, 5) is 2.81. The van der Waals surface area contributed by atoms with Gasteiger partial charge < -0.3 is 5.32 Å². The molecule has 0 aromatic heterocycles. The SMILES string of the molecule is C1CN(C2CNC2)C2(C1)CCC2.Cl. The Balaban J connectivity index is 0.000000653. The Hall–Kier alpha value is 0.210. The largest absolute Gasteiger partial charge is 0.314 e. The zero-order valence-electron chi connectivity index (χ0n) is 8.09. The first-order valence-electron chi connectivity index (χ1n) is 5.38. The second-order valence-corrected chi connectivity index (χ2v) is 4.69. The third-order valence-corrected chi connectivity index (χ3v) is 4.14. The minimum atomic E-state index is 0. The third kappa shape index (κ3) is 1.31. The van der Waals surface area contributed by atoms with Crippen LogP contribution in [0.5, 0.6) is 0 Å². The van der Waals surface area contributed by atoms with Crippen molar-refractivity contribution >= 4 is 12.4 Å². The summed E-state index contributed by atoms with van der Waals surface area (Å²) in [6.45, 7) is 3.88. The minimum Gasteiger partial charge on any atom is -0.314 e. The molecule has 0 unspecified atom stereocenters. The fourth-order valence-corrected chi connectivity index (χ4v) is 3.15. The number of rotatable bonds is 1. The quantitative estimate of drug-likeness (QED) is 0.692. The molecule has 1 saturated carbocycles. The minimum absolute atomic E-state index is 0. The molecule has 0 amide bonds. The zero-order valence-corrected chi connectivity index (χ0v) is 8.91. The van der Waals surface area contributed by atoms with Crippen molar-refractivity contribution in [1.82, 2.24) is 10.2 Å². The highest BCUT2D eigenvalue weighted by atomic mass is 35.5. The fraction of sp³-hybridized carbons (Fsp3) is 1.00. The van der Waals surface area contributed by atoms with E-state index >= 15 is 0 Å². The van der Waals surface area contributed by atoms with Crippen LogP contribution in [0.1, 0.15) is 32.1 Å². The van der Waals surface area contributed by atoms with Gasteiger partial charge in [-0.15, -0.1) is 12.4 Å². The first-order valence-corrected chi connectivity index (χ1v) is 5.38. The van der Waals surface area contributed by atoms with Gasteiger partial charge in [-0.05, 0) is 38.6 Å². The van der Waals surface area contributed by atoms with Gasteiger partial charge in [-0.2, -0.15) is 0 Å². The summed E-state index contributed by atoms with van der Waals surface area (Å²) in [5, 5.41) is 3.38. The van der Waals surface area contributed by atoms with Gasteiger partial charge in [0.1, 0.15) is 0 Å². The van der Waals surface area contributed by atoms with Crippen LogP contribution in [-0.4, -0.2) is 36.1 Å². The fourth-order valence-electron chi connectivity index (χ4n) is 3.15. The molecular formula is C10H19ClN2. The van der Waals surface area contributed by atoms with Gasteiger partial charge in [-0.25, -0.2) is 0 Å². The highest BCUT2D eigenvalue weighted by Gasteiger charge is 2.48. The maximum absolute atomic E-state index is 3.38. The Morgan fingerprint density at radius 3 is 2.23 bits per heavy atom. The molecule has 1 aliphatic carbocycles. The lowest BCUT2D eigenvalue weighted by Gasteiger charge is -2.51. The number of hydrogen-bond acceptors (Lipinski definition) is 2. The monoisotopic (exact) mass is 202 g/mol. The molecule has 3 rings (SSSR count). The topological polar surface area (TPSA) is 15.3 Å². The van der Waals surface area contributed by atoms with Crippen molar-refractivity contribution in [1.29, 1.82) is 0 Å². The van der Waals surface area contributed by atoms with Crippen LogP contribution in [-0.2, 0) is 0 Å². The van der Waals surface area contributed by atoms with Crippen LogP contribution in [0, 0.1) is 0 Å². The summed E-state index contributed by atoms with van der Waals surface area (Å²) >= 11 is 0. The molecule has 0 radical (unpaired) electrons. The van der Waals surface area contributed by atoms with Crippen LogP contribution in [0.2, 0.25) is 0 Å². The van der Waals surface area contributed by atoms with Crippen LogP contribution < -0.4 is 5.32 Å².